The van der Waals surface area contributed by atoms with E-state index in [0.29, 0.717) is 10.8 Å². The molecule has 0 aliphatic heterocycles. The molecule has 2 aromatic rings. The van der Waals surface area contributed by atoms with Gasteiger partial charge in [0.15, 0.2) is 0 Å². The Bertz CT molecular complexity index is 459. The molecule has 0 atom stereocenters. The van der Waals surface area contributed by atoms with Gasteiger partial charge in [0.05, 0.1) is 14.9 Å². The zero-order valence-corrected chi connectivity index (χ0v) is 10.7. The molecule has 0 radical (unpaired) electrons. The van der Waals surface area contributed by atoms with Gasteiger partial charge in [-0.05, 0) is 23.6 Å². The van der Waals surface area contributed by atoms with Crippen LogP contribution >= 0.6 is 34.7 Å². The van der Waals surface area contributed by atoms with E-state index in [1.165, 1.54) is 4.21 Å². The van der Waals surface area contributed by atoms with Crippen molar-refractivity contribution < 1.29 is 0 Å². The van der Waals surface area contributed by atoms with E-state index in [9.17, 15) is 0 Å². The number of nitrogens with two attached hydrogens (primary N) is 1. The molecule has 2 aromatic heterocycles. The Labute approximate surface area is 107 Å². The van der Waals surface area contributed by atoms with Crippen molar-refractivity contribution in [2.45, 2.75) is 9.96 Å². The molecule has 2 heterocycles. The van der Waals surface area contributed by atoms with Crippen molar-refractivity contribution in [1.29, 1.82) is 0 Å². The first-order valence-corrected chi connectivity index (χ1v) is 6.82. The van der Waals surface area contributed by atoms with Crippen molar-refractivity contribution in [2.75, 3.05) is 5.43 Å². The highest BCUT2D eigenvalue weighted by atomic mass is 35.5. The van der Waals surface area contributed by atoms with Gasteiger partial charge in [-0.25, -0.2) is 10.8 Å². The molecule has 6 heteroatoms. The largest absolute Gasteiger partial charge is 0.308 e. The lowest BCUT2D eigenvalue weighted by molar-refractivity contribution is 1.14. The van der Waals surface area contributed by atoms with Crippen LogP contribution in [-0.4, -0.2) is 4.98 Å². The average Bonchev–Trinajstić information content (AvgIpc) is 2.81. The molecule has 0 saturated heterocycles. The second-order valence-corrected chi connectivity index (χ2v) is 5.62. The first kappa shape index (κ1) is 11.7. The average molecular weight is 272 g/mol. The Balaban J connectivity index is 2.08. The number of thiophene rings is 1. The topological polar surface area (TPSA) is 50.9 Å². The predicted octanol–water partition coefficient (Wildman–Crippen LogP) is 3.37. The van der Waals surface area contributed by atoms with E-state index in [0.717, 1.165) is 11.4 Å². The number of rotatable bonds is 4. The number of thioether (sulfide) groups is 1. The van der Waals surface area contributed by atoms with Crippen LogP contribution in [0.2, 0.25) is 5.02 Å². The van der Waals surface area contributed by atoms with Crippen molar-refractivity contribution in [2.24, 2.45) is 5.84 Å². The number of hydrogen-bond donors (Lipinski definition) is 2. The SMILES string of the molecule is NNc1ccc(Cl)c(CSc2cccs2)n1. The molecule has 0 unspecified atom stereocenters. The lowest BCUT2D eigenvalue weighted by Crippen LogP contribution is -2.09. The van der Waals surface area contributed by atoms with Crippen molar-refractivity contribution >= 4 is 40.5 Å². The summed E-state index contributed by atoms with van der Waals surface area (Å²) in [5.74, 6) is 6.67. The van der Waals surface area contributed by atoms with Crippen LogP contribution in [0.4, 0.5) is 5.82 Å². The second-order valence-electron chi connectivity index (χ2n) is 2.99. The summed E-state index contributed by atoms with van der Waals surface area (Å²) in [6.07, 6.45) is 0. The number of hydrazine groups is 1. The Morgan fingerprint density at radius 1 is 1.44 bits per heavy atom. The number of hydrogen-bond acceptors (Lipinski definition) is 5. The van der Waals surface area contributed by atoms with E-state index in [1.54, 1.807) is 35.2 Å². The first-order valence-electron chi connectivity index (χ1n) is 4.58. The molecule has 16 heavy (non-hydrogen) atoms. The number of nitrogens with zero attached hydrogens (tertiary/aromatic N) is 1. The summed E-state index contributed by atoms with van der Waals surface area (Å²) in [6, 6.07) is 7.66. The van der Waals surface area contributed by atoms with Crippen LogP contribution in [-0.2, 0) is 5.75 Å². The van der Waals surface area contributed by atoms with Gasteiger partial charge in [-0.2, -0.15) is 0 Å². The number of halogens is 1. The Morgan fingerprint density at radius 2 is 2.31 bits per heavy atom. The van der Waals surface area contributed by atoms with Crippen LogP contribution in [0.1, 0.15) is 5.69 Å². The molecular weight excluding hydrogens is 262 g/mol. The fourth-order valence-corrected chi connectivity index (χ4v) is 3.14. The standard InChI is InChI=1S/C10H10ClN3S2/c11-7-3-4-9(14-12)13-8(7)6-16-10-2-1-5-15-10/h1-5H,6,12H2,(H,13,14). The minimum atomic E-state index is 0.631. The van der Waals surface area contributed by atoms with E-state index in [-0.39, 0.29) is 0 Å². The Hall–Kier alpha value is -0.750. The van der Waals surface area contributed by atoms with Gasteiger partial charge in [0.1, 0.15) is 5.82 Å². The van der Waals surface area contributed by atoms with Gasteiger partial charge in [-0.1, -0.05) is 17.7 Å². The van der Waals surface area contributed by atoms with Crippen LogP contribution in [0.3, 0.4) is 0 Å². The number of pyridine rings is 1. The Kier molecular flexibility index (Phi) is 4.06. The summed E-state index contributed by atoms with van der Waals surface area (Å²) in [4.78, 5) is 4.31. The molecule has 0 bridgehead atoms. The Morgan fingerprint density at radius 3 is 3.00 bits per heavy atom. The highest BCUT2D eigenvalue weighted by molar-refractivity contribution is 8.00. The minimum Gasteiger partial charge on any atom is -0.308 e. The van der Waals surface area contributed by atoms with Crippen molar-refractivity contribution in [3.63, 3.8) is 0 Å². The van der Waals surface area contributed by atoms with E-state index in [2.05, 4.69) is 21.9 Å². The van der Waals surface area contributed by atoms with E-state index in [1.807, 2.05) is 6.07 Å². The van der Waals surface area contributed by atoms with Crippen LogP contribution in [0.25, 0.3) is 0 Å². The molecule has 3 N–H and O–H groups in total. The quantitative estimate of drug-likeness (QED) is 0.509. The first-order chi connectivity index (χ1) is 7.79. The highest BCUT2D eigenvalue weighted by Crippen LogP contribution is 2.29. The molecule has 0 amide bonds. The van der Waals surface area contributed by atoms with Gasteiger partial charge < -0.3 is 5.43 Å². The van der Waals surface area contributed by atoms with Gasteiger partial charge in [0.25, 0.3) is 0 Å². The molecule has 84 valence electrons. The summed E-state index contributed by atoms with van der Waals surface area (Å²) in [5, 5.41) is 2.72. The van der Waals surface area contributed by atoms with Gasteiger partial charge >= 0.3 is 0 Å². The number of aromatic nitrogens is 1. The third kappa shape index (κ3) is 2.89. The summed E-state index contributed by atoms with van der Waals surface area (Å²) < 4.78 is 1.25. The molecule has 0 aromatic carbocycles. The van der Waals surface area contributed by atoms with Crippen molar-refractivity contribution in [3.05, 3.63) is 40.4 Å². The minimum absolute atomic E-state index is 0.631. The van der Waals surface area contributed by atoms with Crippen LogP contribution in [0.15, 0.2) is 33.9 Å². The normalized spacial score (nSPS) is 10.4. The van der Waals surface area contributed by atoms with Crippen LogP contribution < -0.4 is 11.3 Å². The zero-order valence-electron chi connectivity index (χ0n) is 8.31. The number of nitrogens with one attached hydrogen (secondary N) is 1. The lowest BCUT2D eigenvalue weighted by Gasteiger charge is -2.05. The fourth-order valence-electron chi connectivity index (χ4n) is 1.15. The number of nitrogen functional groups attached to an aromatic ring is 1. The maximum atomic E-state index is 6.05. The monoisotopic (exact) mass is 271 g/mol. The van der Waals surface area contributed by atoms with E-state index >= 15 is 0 Å². The molecule has 0 saturated carbocycles. The predicted molar refractivity (Wildman–Crippen MR) is 70.9 cm³/mol. The number of anilines is 1. The van der Waals surface area contributed by atoms with Gasteiger partial charge in [0.2, 0.25) is 0 Å². The van der Waals surface area contributed by atoms with E-state index in [4.69, 9.17) is 17.4 Å². The molecule has 0 spiro atoms. The molecule has 0 fully saturated rings. The molecular formula is C10H10ClN3S2. The van der Waals surface area contributed by atoms with Gasteiger partial charge in [0, 0.05) is 5.75 Å². The lowest BCUT2D eigenvalue weighted by atomic mass is 10.4. The third-order valence-corrected chi connectivity index (χ3v) is 4.40. The smallest absolute Gasteiger partial charge is 0.140 e. The molecule has 0 aliphatic carbocycles. The summed E-state index contributed by atoms with van der Waals surface area (Å²) >= 11 is 9.48. The van der Waals surface area contributed by atoms with Crippen molar-refractivity contribution in [3.8, 4) is 0 Å². The van der Waals surface area contributed by atoms with Gasteiger partial charge in [-0.15, -0.1) is 23.1 Å². The van der Waals surface area contributed by atoms with E-state index < -0.39 is 0 Å². The molecule has 0 aliphatic rings. The summed E-state index contributed by atoms with van der Waals surface area (Å²) in [5.41, 5.74) is 3.35. The summed E-state index contributed by atoms with van der Waals surface area (Å²) in [7, 11) is 0. The molecule has 2 rings (SSSR count). The van der Waals surface area contributed by atoms with Crippen molar-refractivity contribution in [1.82, 2.24) is 4.98 Å². The van der Waals surface area contributed by atoms with Gasteiger partial charge in [-0.3, -0.25) is 0 Å². The maximum absolute atomic E-state index is 6.05. The molecule has 3 nitrogen and oxygen atoms in total. The fraction of sp³-hybridized carbons (Fsp3) is 0.100. The zero-order chi connectivity index (χ0) is 11.4. The third-order valence-electron chi connectivity index (χ3n) is 1.91. The highest BCUT2D eigenvalue weighted by Gasteiger charge is 2.05. The van der Waals surface area contributed by atoms with Crippen LogP contribution in [0, 0.1) is 0 Å². The maximum Gasteiger partial charge on any atom is 0.140 e. The summed E-state index contributed by atoms with van der Waals surface area (Å²) in [6.45, 7) is 0. The van der Waals surface area contributed by atoms with Crippen LogP contribution in [0.5, 0.6) is 0 Å². The second kappa shape index (κ2) is 5.54.